The van der Waals surface area contributed by atoms with Crippen LogP contribution in [0, 0.1) is 0 Å². The van der Waals surface area contributed by atoms with Gasteiger partial charge < -0.3 is 19.7 Å². The molecule has 2 aliphatic heterocycles. The Morgan fingerprint density at radius 1 is 1.19 bits per heavy atom. The Labute approximate surface area is 206 Å². The Balaban J connectivity index is 0.00000272. The van der Waals surface area contributed by atoms with Crippen molar-refractivity contribution in [2.45, 2.75) is 51.4 Å². The van der Waals surface area contributed by atoms with Gasteiger partial charge in [-0.25, -0.2) is 9.98 Å². The van der Waals surface area contributed by atoms with E-state index in [9.17, 15) is 0 Å². The maximum Gasteiger partial charge on any atom is 0.194 e. The average molecular weight is 557 g/mol. The fourth-order valence-electron chi connectivity index (χ4n) is 4.00. The summed E-state index contributed by atoms with van der Waals surface area (Å²) in [5, 5.41) is 6.76. The van der Waals surface area contributed by atoms with Gasteiger partial charge in [0.25, 0.3) is 0 Å². The van der Waals surface area contributed by atoms with Gasteiger partial charge in [-0.3, -0.25) is 0 Å². The van der Waals surface area contributed by atoms with Crippen LogP contribution >= 0.6 is 35.3 Å². The molecule has 0 spiro atoms. The van der Waals surface area contributed by atoms with Gasteiger partial charge in [-0.2, -0.15) is 0 Å². The zero-order chi connectivity index (χ0) is 20.6. The smallest absolute Gasteiger partial charge is 0.194 e. The molecule has 0 amide bonds. The van der Waals surface area contributed by atoms with Crippen LogP contribution < -0.4 is 5.32 Å². The monoisotopic (exact) mass is 556 g/mol. The van der Waals surface area contributed by atoms with Gasteiger partial charge in [0.05, 0.1) is 30.0 Å². The van der Waals surface area contributed by atoms with Crippen molar-refractivity contribution in [1.82, 2.24) is 15.2 Å². The maximum atomic E-state index is 5.99. The van der Waals surface area contributed by atoms with E-state index >= 15 is 0 Å². The van der Waals surface area contributed by atoms with Gasteiger partial charge in [-0.1, -0.05) is 30.3 Å². The van der Waals surface area contributed by atoms with E-state index in [1.807, 2.05) is 0 Å². The number of aliphatic imine (C=N–C) groups is 1. The summed E-state index contributed by atoms with van der Waals surface area (Å²) in [4.78, 5) is 12.0. The molecule has 0 aliphatic carbocycles. The van der Waals surface area contributed by atoms with E-state index in [0.29, 0.717) is 6.54 Å². The summed E-state index contributed by atoms with van der Waals surface area (Å²) in [6, 6.07) is 10.6. The first-order valence-corrected chi connectivity index (χ1v) is 11.9. The van der Waals surface area contributed by atoms with Crippen molar-refractivity contribution in [3.63, 3.8) is 0 Å². The highest BCUT2D eigenvalue weighted by atomic mass is 127. The van der Waals surface area contributed by atoms with Crippen LogP contribution in [-0.2, 0) is 28.9 Å². The van der Waals surface area contributed by atoms with Gasteiger partial charge in [0.1, 0.15) is 6.10 Å². The van der Waals surface area contributed by atoms with Crippen LogP contribution in [0.25, 0.3) is 0 Å². The number of aromatic nitrogens is 1. The van der Waals surface area contributed by atoms with Gasteiger partial charge in [0.15, 0.2) is 5.96 Å². The van der Waals surface area contributed by atoms with Crippen LogP contribution in [0.1, 0.15) is 36.0 Å². The zero-order valence-corrected chi connectivity index (χ0v) is 21.3. The van der Waals surface area contributed by atoms with Crippen LogP contribution in [0.15, 0.2) is 40.7 Å². The van der Waals surface area contributed by atoms with Gasteiger partial charge in [0.2, 0.25) is 0 Å². The minimum absolute atomic E-state index is 0. The lowest BCUT2D eigenvalue weighted by Crippen LogP contribution is -2.53. The predicted octanol–water partition coefficient (Wildman–Crippen LogP) is 3.89. The minimum atomic E-state index is 0. The van der Waals surface area contributed by atoms with Crippen LogP contribution in [-0.4, -0.2) is 60.9 Å². The molecule has 4 rings (SSSR count). The Morgan fingerprint density at radius 2 is 2.03 bits per heavy atom. The van der Waals surface area contributed by atoms with E-state index in [-0.39, 0.29) is 36.2 Å². The highest BCUT2D eigenvalue weighted by molar-refractivity contribution is 14.0. The molecule has 2 aliphatic rings. The summed E-state index contributed by atoms with van der Waals surface area (Å²) in [6.07, 6.45) is 4.59. The molecule has 3 heterocycles. The lowest BCUT2D eigenvalue weighted by atomic mass is 10.1. The molecular formula is C23H33IN4O2S. The number of nitrogens with one attached hydrogen (secondary N) is 1. The summed E-state index contributed by atoms with van der Waals surface area (Å²) < 4.78 is 11.8. The van der Waals surface area contributed by atoms with Crippen molar-refractivity contribution in [2.75, 3.05) is 32.8 Å². The normalized spacial score (nSPS) is 21.7. The number of guanidine groups is 1. The molecule has 2 atom stereocenters. The third-order valence-electron chi connectivity index (χ3n) is 5.57. The van der Waals surface area contributed by atoms with Gasteiger partial charge in [-0.05, 0) is 31.7 Å². The number of hydrogen-bond acceptors (Lipinski definition) is 5. The number of halogens is 1. The fourth-order valence-corrected chi connectivity index (χ4v) is 4.79. The Bertz CT molecular complexity index is 811. The second-order valence-corrected chi connectivity index (χ2v) is 8.74. The van der Waals surface area contributed by atoms with E-state index in [1.165, 1.54) is 10.6 Å². The Kier molecular flexibility index (Phi) is 10.0. The molecule has 1 aromatic heterocycles. The molecule has 170 valence electrons. The maximum absolute atomic E-state index is 5.99. The molecule has 2 unspecified atom stereocenters. The van der Waals surface area contributed by atoms with E-state index in [2.05, 4.69) is 52.9 Å². The minimum Gasteiger partial charge on any atom is -0.375 e. The van der Waals surface area contributed by atoms with Crippen molar-refractivity contribution < 1.29 is 9.47 Å². The molecule has 0 bridgehead atoms. The number of morpholine rings is 1. The summed E-state index contributed by atoms with van der Waals surface area (Å²) in [5.74, 6) is 0.947. The second-order valence-electron chi connectivity index (χ2n) is 7.80. The average Bonchev–Trinajstić information content (AvgIpc) is 3.48. The first kappa shape index (κ1) is 24.4. The molecule has 2 aromatic rings. The van der Waals surface area contributed by atoms with E-state index in [4.69, 9.17) is 19.5 Å². The highest BCUT2D eigenvalue weighted by Crippen LogP contribution is 2.21. The third-order valence-corrected chi connectivity index (χ3v) is 6.53. The molecule has 31 heavy (non-hydrogen) atoms. The number of aryl methyl sites for hydroxylation is 2. The molecular weight excluding hydrogens is 523 g/mol. The molecule has 8 heteroatoms. The van der Waals surface area contributed by atoms with Crippen molar-refractivity contribution in [3.05, 3.63) is 52.0 Å². The molecule has 1 N–H and O–H groups in total. The Hall–Kier alpha value is -1.23. The molecule has 2 fully saturated rings. The number of thiazole rings is 1. The molecule has 6 nitrogen and oxygen atoms in total. The third kappa shape index (κ3) is 7.13. The van der Waals surface area contributed by atoms with Crippen molar-refractivity contribution in [3.8, 4) is 0 Å². The number of benzene rings is 1. The Morgan fingerprint density at radius 3 is 2.81 bits per heavy atom. The van der Waals surface area contributed by atoms with Crippen molar-refractivity contribution >= 4 is 41.3 Å². The topological polar surface area (TPSA) is 59.0 Å². The van der Waals surface area contributed by atoms with E-state index < -0.39 is 0 Å². The molecule has 2 saturated heterocycles. The van der Waals surface area contributed by atoms with Gasteiger partial charge in [0, 0.05) is 38.0 Å². The summed E-state index contributed by atoms with van der Waals surface area (Å²) in [5.41, 5.74) is 2.40. The van der Waals surface area contributed by atoms with E-state index in [1.54, 1.807) is 11.3 Å². The van der Waals surface area contributed by atoms with Crippen LogP contribution in [0.2, 0.25) is 0 Å². The van der Waals surface area contributed by atoms with Gasteiger partial charge >= 0.3 is 0 Å². The summed E-state index contributed by atoms with van der Waals surface area (Å²) in [7, 11) is 0. The number of rotatable bonds is 7. The summed E-state index contributed by atoms with van der Waals surface area (Å²) >= 11 is 1.74. The lowest BCUT2D eigenvalue weighted by molar-refractivity contribution is -0.0817. The van der Waals surface area contributed by atoms with Crippen molar-refractivity contribution in [1.29, 1.82) is 0 Å². The van der Waals surface area contributed by atoms with Crippen LogP contribution in [0.3, 0.4) is 0 Å². The molecule has 1 aromatic carbocycles. The quantitative estimate of drug-likeness (QED) is 0.319. The summed E-state index contributed by atoms with van der Waals surface area (Å²) in [6.45, 7) is 6.82. The SMILES string of the molecule is CCNC(=NCc1csc(CCc2ccccc2)n1)N1CCOC(C2CCCO2)C1.I. The molecule has 0 saturated carbocycles. The largest absolute Gasteiger partial charge is 0.375 e. The van der Waals surface area contributed by atoms with Crippen LogP contribution in [0.5, 0.6) is 0 Å². The highest BCUT2D eigenvalue weighted by Gasteiger charge is 2.32. The standard InChI is InChI=1S/C23H32N4O2S.HI/c1-2-24-23(27-12-14-29-21(16-27)20-9-6-13-28-20)25-15-19-17-30-22(26-19)11-10-18-7-4-3-5-8-18;/h3-5,7-8,17,20-21H,2,6,9-16H2,1H3,(H,24,25);1H. The predicted molar refractivity (Wildman–Crippen MR) is 136 cm³/mol. The van der Waals surface area contributed by atoms with Crippen molar-refractivity contribution in [2.24, 2.45) is 4.99 Å². The first-order chi connectivity index (χ1) is 14.8. The number of hydrogen-bond donors (Lipinski definition) is 1. The number of nitrogens with zero attached hydrogens (tertiary/aromatic N) is 3. The molecule has 0 radical (unpaired) electrons. The fraction of sp³-hybridized carbons (Fsp3) is 0.565. The van der Waals surface area contributed by atoms with E-state index in [0.717, 1.165) is 70.2 Å². The number of ether oxygens (including phenoxy) is 2. The first-order valence-electron chi connectivity index (χ1n) is 11.1. The zero-order valence-electron chi connectivity index (χ0n) is 18.2. The van der Waals surface area contributed by atoms with Gasteiger partial charge in [-0.15, -0.1) is 35.3 Å². The second kappa shape index (κ2) is 12.7. The lowest BCUT2D eigenvalue weighted by Gasteiger charge is -2.37. The van der Waals surface area contributed by atoms with Crippen LogP contribution in [0.4, 0.5) is 0 Å².